The van der Waals surface area contributed by atoms with Gasteiger partial charge in [-0.25, -0.2) is 9.97 Å². The summed E-state index contributed by atoms with van der Waals surface area (Å²) >= 11 is 0. The summed E-state index contributed by atoms with van der Waals surface area (Å²) in [5.41, 5.74) is 8.08. The number of nitrogens with zero attached hydrogens (tertiary/aromatic N) is 3. The van der Waals surface area contributed by atoms with Gasteiger partial charge < -0.3 is 0 Å². The van der Waals surface area contributed by atoms with Gasteiger partial charge in [-0.15, -0.1) is 0 Å². The highest BCUT2D eigenvalue weighted by Gasteiger charge is 2.11. The Kier molecular flexibility index (Phi) is 5.14. The lowest BCUT2D eigenvalue weighted by molar-refractivity contribution is 1.33. The second-order valence-corrected chi connectivity index (χ2v) is 10.2. The van der Waals surface area contributed by atoms with E-state index in [0.29, 0.717) is 0 Å². The molecule has 0 aliphatic heterocycles. The van der Waals surface area contributed by atoms with Crippen LogP contribution in [0.5, 0.6) is 0 Å². The van der Waals surface area contributed by atoms with Crippen LogP contribution in [0, 0.1) is 0 Å². The molecule has 3 nitrogen and oxygen atoms in total. The fraction of sp³-hybridized carbons (Fsp3) is 0. The van der Waals surface area contributed by atoms with Gasteiger partial charge in [-0.2, -0.15) is 0 Å². The molecule has 8 rings (SSSR count). The lowest BCUT2D eigenvalue weighted by atomic mass is 9.96. The molecular weight excluding hydrogens is 486 g/mol. The van der Waals surface area contributed by atoms with Crippen molar-refractivity contribution in [2.45, 2.75) is 0 Å². The van der Waals surface area contributed by atoms with Crippen LogP contribution in [-0.2, 0) is 0 Å². The van der Waals surface area contributed by atoms with Crippen molar-refractivity contribution >= 4 is 43.4 Å². The monoisotopic (exact) mass is 509 g/mol. The summed E-state index contributed by atoms with van der Waals surface area (Å²) in [4.78, 5) is 14.6. The molecule has 0 unspecified atom stereocenters. The number of hydrogen-bond acceptors (Lipinski definition) is 3. The molecule has 40 heavy (non-hydrogen) atoms. The van der Waals surface area contributed by atoms with E-state index in [0.717, 1.165) is 55.4 Å². The van der Waals surface area contributed by atoms with Crippen LogP contribution >= 0.6 is 0 Å². The molecule has 8 aromatic rings. The van der Waals surface area contributed by atoms with Crippen LogP contribution in [0.2, 0.25) is 0 Å². The highest BCUT2D eigenvalue weighted by atomic mass is 14.7. The molecule has 0 saturated carbocycles. The summed E-state index contributed by atoms with van der Waals surface area (Å²) in [7, 11) is 0. The number of aromatic nitrogens is 3. The third-order valence-corrected chi connectivity index (χ3v) is 7.63. The predicted molar refractivity (Wildman–Crippen MR) is 166 cm³/mol. The van der Waals surface area contributed by atoms with Crippen molar-refractivity contribution in [3.8, 4) is 33.6 Å². The molecule has 0 atom stereocenters. The Balaban J connectivity index is 1.31. The van der Waals surface area contributed by atoms with Gasteiger partial charge in [0.25, 0.3) is 0 Å². The number of rotatable bonds is 3. The van der Waals surface area contributed by atoms with E-state index in [-0.39, 0.29) is 0 Å². The zero-order chi connectivity index (χ0) is 26.5. The van der Waals surface area contributed by atoms with Gasteiger partial charge in [0.15, 0.2) is 0 Å². The van der Waals surface area contributed by atoms with Gasteiger partial charge >= 0.3 is 0 Å². The van der Waals surface area contributed by atoms with Gasteiger partial charge in [-0.05, 0) is 87.8 Å². The molecule has 0 aliphatic carbocycles. The third-order valence-electron chi connectivity index (χ3n) is 7.63. The van der Waals surface area contributed by atoms with E-state index in [1.54, 1.807) is 6.20 Å². The number of pyridine rings is 3. The quantitative estimate of drug-likeness (QED) is 0.223. The first-order valence-electron chi connectivity index (χ1n) is 13.4. The summed E-state index contributed by atoms with van der Waals surface area (Å²) in [6.07, 6.45) is 3.71. The van der Waals surface area contributed by atoms with Crippen LogP contribution in [-0.4, -0.2) is 15.0 Å². The normalized spacial score (nSPS) is 11.5. The zero-order valence-electron chi connectivity index (χ0n) is 21.6. The third kappa shape index (κ3) is 3.96. The Morgan fingerprint density at radius 2 is 0.850 bits per heavy atom. The van der Waals surface area contributed by atoms with E-state index in [2.05, 4.69) is 126 Å². The van der Waals surface area contributed by atoms with Crippen LogP contribution in [0.3, 0.4) is 0 Å². The standard InChI is InChI=1S/C37H23N3/c1-3-8-26-21-36-28(16-24(26)6-1)11-13-34(39-36)32-18-31(30-10-5-15-38-23-30)19-33(20-32)35-14-12-29-17-25-7-2-4-9-27(25)22-37(29)40-35/h1-23H. The second-order valence-electron chi connectivity index (χ2n) is 10.2. The van der Waals surface area contributed by atoms with Crippen molar-refractivity contribution in [1.29, 1.82) is 0 Å². The van der Waals surface area contributed by atoms with Crippen LogP contribution in [0.1, 0.15) is 0 Å². The summed E-state index contributed by atoms with van der Waals surface area (Å²) in [5.74, 6) is 0. The van der Waals surface area contributed by atoms with Crippen molar-refractivity contribution in [3.63, 3.8) is 0 Å². The fourth-order valence-corrected chi connectivity index (χ4v) is 5.57. The summed E-state index contributed by atoms with van der Waals surface area (Å²) < 4.78 is 0. The average molecular weight is 510 g/mol. The molecule has 5 aromatic carbocycles. The first-order chi connectivity index (χ1) is 19.8. The molecule has 0 saturated heterocycles. The van der Waals surface area contributed by atoms with Gasteiger partial charge in [0.1, 0.15) is 0 Å². The first kappa shape index (κ1) is 22.6. The van der Waals surface area contributed by atoms with E-state index in [4.69, 9.17) is 9.97 Å². The SMILES string of the molecule is c1cncc(-c2cc(-c3ccc4cc5ccccc5cc4n3)cc(-c3ccc4cc5ccccc5cc4n3)c2)c1. The van der Waals surface area contributed by atoms with Crippen molar-refractivity contribution in [3.05, 3.63) is 140 Å². The highest BCUT2D eigenvalue weighted by molar-refractivity contribution is 5.98. The molecular formula is C37H23N3. The Bertz CT molecular complexity index is 2080. The Hall–Kier alpha value is -5.41. The maximum absolute atomic E-state index is 5.11. The van der Waals surface area contributed by atoms with E-state index >= 15 is 0 Å². The molecule has 3 heteroatoms. The van der Waals surface area contributed by atoms with Crippen LogP contribution in [0.4, 0.5) is 0 Å². The van der Waals surface area contributed by atoms with E-state index in [9.17, 15) is 0 Å². The maximum atomic E-state index is 5.11. The molecule has 3 heterocycles. The molecule has 186 valence electrons. The van der Waals surface area contributed by atoms with Gasteiger partial charge in [0.05, 0.1) is 22.4 Å². The number of hydrogen-bond donors (Lipinski definition) is 0. The van der Waals surface area contributed by atoms with E-state index in [1.165, 1.54) is 21.5 Å². The van der Waals surface area contributed by atoms with Crippen LogP contribution in [0.15, 0.2) is 140 Å². The topological polar surface area (TPSA) is 38.7 Å². The smallest absolute Gasteiger partial charge is 0.0715 e. The molecule has 0 spiro atoms. The second kappa shape index (κ2) is 9.11. The van der Waals surface area contributed by atoms with Crippen molar-refractivity contribution in [1.82, 2.24) is 15.0 Å². The molecule has 0 fully saturated rings. The molecule has 0 radical (unpaired) electrons. The molecule has 0 N–H and O–H groups in total. The Morgan fingerprint density at radius 1 is 0.350 bits per heavy atom. The largest absolute Gasteiger partial charge is 0.264 e. The van der Waals surface area contributed by atoms with Gasteiger partial charge in [-0.3, -0.25) is 4.98 Å². The molecule has 3 aromatic heterocycles. The van der Waals surface area contributed by atoms with Crippen molar-refractivity contribution < 1.29 is 0 Å². The first-order valence-corrected chi connectivity index (χ1v) is 13.4. The van der Waals surface area contributed by atoms with E-state index < -0.39 is 0 Å². The van der Waals surface area contributed by atoms with Gasteiger partial charge in [0, 0.05) is 39.9 Å². The Labute approximate surface area is 231 Å². The lowest BCUT2D eigenvalue weighted by Gasteiger charge is -2.12. The van der Waals surface area contributed by atoms with Crippen molar-refractivity contribution in [2.75, 3.05) is 0 Å². The van der Waals surface area contributed by atoms with Crippen molar-refractivity contribution in [2.24, 2.45) is 0 Å². The zero-order valence-corrected chi connectivity index (χ0v) is 21.6. The minimum Gasteiger partial charge on any atom is -0.264 e. The minimum atomic E-state index is 0.932. The number of benzene rings is 5. The minimum absolute atomic E-state index is 0.932. The molecule has 0 bridgehead atoms. The summed E-state index contributed by atoms with van der Waals surface area (Å²) in [6, 6.07) is 44.8. The fourth-order valence-electron chi connectivity index (χ4n) is 5.57. The van der Waals surface area contributed by atoms with Gasteiger partial charge in [0.2, 0.25) is 0 Å². The highest BCUT2D eigenvalue weighted by Crippen LogP contribution is 2.34. The summed E-state index contributed by atoms with van der Waals surface area (Å²) in [6.45, 7) is 0. The van der Waals surface area contributed by atoms with Gasteiger partial charge in [-0.1, -0.05) is 66.7 Å². The van der Waals surface area contributed by atoms with Crippen LogP contribution in [0.25, 0.3) is 77.0 Å². The summed E-state index contributed by atoms with van der Waals surface area (Å²) in [5, 5.41) is 7.10. The molecule has 0 aliphatic rings. The van der Waals surface area contributed by atoms with E-state index in [1.807, 2.05) is 12.3 Å². The lowest BCUT2D eigenvalue weighted by Crippen LogP contribution is -1.91. The maximum Gasteiger partial charge on any atom is 0.0715 e. The Morgan fingerprint density at radius 3 is 1.35 bits per heavy atom. The molecule has 0 amide bonds. The van der Waals surface area contributed by atoms with Crippen LogP contribution < -0.4 is 0 Å². The number of fused-ring (bicyclic) bond motifs is 4. The average Bonchev–Trinajstić information content (AvgIpc) is 3.02. The predicted octanol–water partition coefficient (Wildman–Crippen LogP) is 9.49.